The molecule has 0 radical (unpaired) electrons. The minimum atomic E-state index is -0.222. The van der Waals surface area contributed by atoms with Gasteiger partial charge in [0, 0.05) is 12.6 Å². The van der Waals surface area contributed by atoms with Crippen molar-refractivity contribution in [3.8, 4) is 17.2 Å². The Morgan fingerprint density at radius 1 is 1.21 bits per heavy atom. The summed E-state index contributed by atoms with van der Waals surface area (Å²) in [5.41, 5.74) is 9.30. The lowest BCUT2D eigenvalue weighted by molar-refractivity contribution is -0.121. The van der Waals surface area contributed by atoms with E-state index in [9.17, 15) is 4.79 Å². The third-order valence-corrected chi connectivity index (χ3v) is 5.43. The summed E-state index contributed by atoms with van der Waals surface area (Å²) >= 11 is 1.66. The largest absolute Gasteiger partial charge is 0.351 e. The number of nitrogens with two attached hydrogens (primary N) is 1. The zero-order chi connectivity index (χ0) is 16.9. The van der Waals surface area contributed by atoms with Gasteiger partial charge in [-0.15, -0.1) is 11.8 Å². The van der Waals surface area contributed by atoms with E-state index in [-0.39, 0.29) is 17.2 Å². The first kappa shape index (κ1) is 16.6. The molecule has 1 heterocycles. The molecule has 2 atom stereocenters. The standard InChI is InChI=1S/C19H19N3OS/c20-11-13-3-1-4-14(9-13)15-5-2-6-16(10-15)18-19(23)22-17(12-21)7-8-24-18/h1-6,9-10,17-18H,7-8,12,21H2,(H,22,23)/t17-,18+/m0/s1. The highest BCUT2D eigenvalue weighted by molar-refractivity contribution is 8.00. The first-order chi connectivity index (χ1) is 11.7. The van der Waals surface area contributed by atoms with Gasteiger partial charge in [-0.1, -0.05) is 30.3 Å². The minimum absolute atomic E-state index is 0.0240. The Hall–Kier alpha value is -2.29. The molecular formula is C19H19N3OS. The Kier molecular flexibility index (Phi) is 5.19. The minimum Gasteiger partial charge on any atom is -0.351 e. The van der Waals surface area contributed by atoms with Crippen molar-refractivity contribution >= 4 is 17.7 Å². The summed E-state index contributed by atoms with van der Waals surface area (Å²) in [6.45, 7) is 0.472. The van der Waals surface area contributed by atoms with Gasteiger partial charge in [-0.2, -0.15) is 5.26 Å². The number of hydrogen-bond acceptors (Lipinski definition) is 4. The summed E-state index contributed by atoms with van der Waals surface area (Å²) < 4.78 is 0. The van der Waals surface area contributed by atoms with Crippen LogP contribution in [0.2, 0.25) is 0 Å². The average Bonchev–Trinajstić information content (AvgIpc) is 2.83. The molecule has 1 saturated heterocycles. The van der Waals surface area contributed by atoms with E-state index in [1.165, 1.54) is 0 Å². The molecule has 1 amide bonds. The van der Waals surface area contributed by atoms with Gasteiger partial charge in [-0.25, -0.2) is 0 Å². The normalized spacial score (nSPS) is 20.8. The van der Waals surface area contributed by atoms with Crippen LogP contribution < -0.4 is 11.1 Å². The van der Waals surface area contributed by atoms with Gasteiger partial charge in [0.1, 0.15) is 5.25 Å². The van der Waals surface area contributed by atoms with Gasteiger partial charge in [0.2, 0.25) is 5.91 Å². The second kappa shape index (κ2) is 7.52. The first-order valence-corrected chi connectivity index (χ1v) is 8.98. The second-order valence-corrected chi connectivity index (χ2v) is 7.01. The molecule has 0 saturated carbocycles. The quantitative estimate of drug-likeness (QED) is 0.903. The second-order valence-electron chi connectivity index (χ2n) is 5.80. The molecule has 4 nitrogen and oxygen atoms in total. The Morgan fingerprint density at radius 3 is 2.71 bits per heavy atom. The monoisotopic (exact) mass is 337 g/mol. The lowest BCUT2D eigenvalue weighted by Gasteiger charge is -2.16. The molecule has 0 aromatic heterocycles. The SMILES string of the molecule is N#Cc1cccc(-c2cccc([C@H]3SCC[C@@H](CN)NC3=O)c2)c1. The molecule has 2 aromatic carbocycles. The van der Waals surface area contributed by atoms with Gasteiger partial charge in [0.15, 0.2) is 0 Å². The van der Waals surface area contributed by atoms with Crippen LogP contribution in [0, 0.1) is 11.3 Å². The van der Waals surface area contributed by atoms with E-state index in [1.54, 1.807) is 17.8 Å². The van der Waals surface area contributed by atoms with Crippen LogP contribution in [0.5, 0.6) is 0 Å². The van der Waals surface area contributed by atoms with E-state index in [0.717, 1.165) is 28.9 Å². The van der Waals surface area contributed by atoms with Crippen LogP contribution in [0.15, 0.2) is 48.5 Å². The molecule has 1 fully saturated rings. The number of amides is 1. The first-order valence-electron chi connectivity index (χ1n) is 7.94. The average molecular weight is 337 g/mol. The fourth-order valence-corrected chi connectivity index (χ4v) is 4.04. The van der Waals surface area contributed by atoms with Crippen molar-refractivity contribution < 1.29 is 4.79 Å². The number of nitrogens with zero attached hydrogens (tertiary/aromatic N) is 1. The fourth-order valence-electron chi connectivity index (χ4n) is 2.83. The van der Waals surface area contributed by atoms with Crippen molar-refractivity contribution in [2.24, 2.45) is 5.73 Å². The van der Waals surface area contributed by atoms with Crippen molar-refractivity contribution in [3.05, 3.63) is 59.7 Å². The van der Waals surface area contributed by atoms with Gasteiger partial charge in [0.05, 0.1) is 11.6 Å². The van der Waals surface area contributed by atoms with E-state index in [1.807, 2.05) is 42.5 Å². The van der Waals surface area contributed by atoms with E-state index in [4.69, 9.17) is 11.0 Å². The smallest absolute Gasteiger partial charge is 0.237 e. The predicted octanol–water partition coefficient (Wildman–Crippen LogP) is 2.85. The van der Waals surface area contributed by atoms with Crippen LogP contribution in [0.3, 0.4) is 0 Å². The van der Waals surface area contributed by atoms with Gasteiger partial charge < -0.3 is 11.1 Å². The van der Waals surface area contributed by atoms with Crippen molar-refractivity contribution in [3.63, 3.8) is 0 Å². The third kappa shape index (κ3) is 3.61. The topological polar surface area (TPSA) is 78.9 Å². The molecule has 0 bridgehead atoms. The number of benzene rings is 2. The lowest BCUT2D eigenvalue weighted by atomic mass is 10.00. The maximum atomic E-state index is 12.5. The number of carbonyl (C=O) groups is 1. The predicted molar refractivity (Wildman–Crippen MR) is 97.4 cm³/mol. The summed E-state index contributed by atoms with van der Waals surface area (Å²) in [5.74, 6) is 0.926. The van der Waals surface area contributed by atoms with Gasteiger partial charge in [0.25, 0.3) is 0 Å². The van der Waals surface area contributed by atoms with Crippen LogP contribution in [0.4, 0.5) is 0 Å². The number of carbonyl (C=O) groups excluding carboxylic acids is 1. The van der Waals surface area contributed by atoms with Crippen LogP contribution in [-0.2, 0) is 4.79 Å². The summed E-state index contributed by atoms with van der Waals surface area (Å²) in [6, 6.07) is 17.7. The number of rotatable bonds is 3. The molecule has 1 aliphatic rings. The number of nitrogens with one attached hydrogen (secondary N) is 1. The Balaban J connectivity index is 1.90. The maximum absolute atomic E-state index is 12.5. The van der Waals surface area contributed by atoms with Crippen molar-refractivity contribution in [2.75, 3.05) is 12.3 Å². The highest BCUT2D eigenvalue weighted by atomic mass is 32.2. The summed E-state index contributed by atoms with van der Waals surface area (Å²) in [6.07, 6.45) is 0.896. The van der Waals surface area contributed by atoms with Crippen LogP contribution >= 0.6 is 11.8 Å². The van der Waals surface area contributed by atoms with E-state index in [2.05, 4.69) is 11.4 Å². The number of nitriles is 1. The van der Waals surface area contributed by atoms with Crippen LogP contribution in [0.1, 0.15) is 22.8 Å². The van der Waals surface area contributed by atoms with Crippen molar-refractivity contribution in [2.45, 2.75) is 17.7 Å². The summed E-state index contributed by atoms with van der Waals surface area (Å²) in [5, 5.41) is 11.9. The summed E-state index contributed by atoms with van der Waals surface area (Å²) in [7, 11) is 0. The maximum Gasteiger partial charge on any atom is 0.237 e. The van der Waals surface area contributed by atoms with Crippen LogP contribution in [0.25, 0.3) is 11.1 Å². The fraction of sp³-hybridized carbons (Fsp3) is 0.263. The van der Waals surface area contributed by atoms with Gasteiger partial charge >= 0.3 is 0 Å². The molecule has 0 unspecified atom stereocenters. The van der Waals surface area contributed by atoms with Gasteiger partial charge in [-0.05, 0) is 47.1 Å². The van der Waals surface area contributed by atoms with E-state index >= 15 is 0 Å². The number of hydrogen-bond donors (Lipinski definition) is 2. The molecule has 5 heteroatoms. The van der Waals surface area contributed by atoms with E-state index in [0.29, 0.717) is 12.1 Å². The van der Waals surface area contributed by atoms with E-state index < -0.39 is 0 Å². The Bertz CT molecular complexity index is 784. The molecule has 0 spiro atoms. The molecule has 2 aromatic rings. The molecule has 24 heavy (non-hydrogen) atoms. The Labute approximate surface area is 146 Å². The Morgan fingerprint density at radius 2 is 1.96 bits per heavy atom. The zero-order valence-corrected chi connectivity index (χ0v) is 14.1. The summed E-state index contributed by atoms with van der Waals surface area (Å²) in [4.78, 5) is 12.5. The number of thioether (sulfide) groups is 1. The van der Waals surface area contributed by atoms with Gasteiger partial charge in [-0.3, -0.25) is 4.79 Å². The van der Waals surface area contributed by atoms with Crippen molar-refractivity contribution in [1.29, 1.82) is 5.26 Å². The molecule has 3 rings (SSSR count). The van der Waals surface area contributed by atoms with Crippen LogP contribution in [-0.4, -0.2) is 24.2 Å². The third-order valence-electron chi connectivity index (χ3n) is 4.13. The molecule has 0 aliphatic carbocycles. The van der Waals surface area contributed by atoms with Crippen molar-refractivity contribution in [1.82, 2.24) is 5.32 Å². The molecular weight excluding hydrogens is 318 g/mol. The molecule has 122 valence electrons. The zero-order valence-electron chi connectivity index (χ0n) is 13.2. The molecule has 1 aliphatic heterocycles. The highest BCUT2D eigenvalue weighted by Crippen LogP contribution is 2.34. The highest BCUT2D eigenvalue weighted by Gasteiger charge is 2.26. The molecule has 3 N–H and O–H groups in total. The lowest BCUT2D eigenvalue weighted by Crippen LogP contribution is -2.40.